The van der Waals surface area contributed by atoms with Gasteiger partial charge in [0.25, 0.3) is 5.69 Å². The predicted octanol–water partition coefficient (Wildman–Crippen LogP) is 5.89. The Morgan fingerprint density at radius 1 is 0.852 bits per heavy atom. The molecule has 1 aromatic heterocycles. The summed E-state index contributed by atoms with van der Waals surface area (Å²) in [6.07, 6.45) is 0. The lowest BCUT2D eigenvalue weighted by Gasteiger charge is -2.06. The largest absolute Gasteiger partial charge is 0.355 e. The van der Waals surface area contributed by atoms with Crippen LogP contribution in [0, 0.1) is 17.0 Å². The predicted molar refractivity (Wildman–Crippen MR) is 104 cm³/mol. The molecule has 0 aliphatic carbocycles. The van der Waals surface area contributed by atoms with Gasteiger partial charge >= 0.3 is 0 Å². The second-order valence-corrected chi connectivity index (χ2v) is 6.24. The van der Waals surface area contributed by atoms with Crippen LogP contribution in [0.5, 0.6) is 0 Å². The number of nitrogens with zero attached hydrogens (tertiary/aromatic N) is 2. The van der Waals surface area contributed by atoms with Crippen LogP contribution in [0.15, 0.2) is 83.4 Å². The lowest BCUT2D eigenvalue weighted by atomic mass is 9.95. The molecule has 5 heteroatoms. The third kappa shape index (κ3) is 3.11. The first-order chi connectivity index (χ1) is 13.1. The fraction of sp³-hybridized carbons (Fsp3) is 0.0455. The fourth-order valence-corrected chi connectivity index (χ4v) is 3.08. The first-order valence-corrected chi connectivity index (χ1v) is 8.51. The molecule has 4 aromatic rings. The van der Waals surface area contributed by atoms with Gasteiger partial charge in [-0.25, -0.2) is 0 Å². The molecule has 0 unspecified atom stereocenters. The molecule has 0 saturated heterocycles. The van der Waals surface area contributed by atoms with Crippen molar-refractivity contribution in [2.75, 3.05) is 0 Å². The minimum atomic E-state index is -0.398. The molecular formula is C22H16N2O3. The van der Waals surface area contributed by atoms with Crippen molar-refractivity contribution < 1.29 is 9.45 Å². The number of hydrogen-bond acceptors (Lipinski definition) is 4. The van der Waals surface area contributed by atoms with E-state index < -0.39 is 4.92 Å². The van der Waals surface area contributed by atoms with E-state index in [1.807, 2.05) is 61.5 Å². The Balaban J connectivity index is 2.00. The highest BCUT2D eigenvalue weighted by atomic mass is 16.6. The molecule has 27 heavy (non-hydrogen) atoms. The second kappa shape index (κ2) is 6.88. The molecule has 0 bridgehead atoms. The summed E-state index contributed by atoms with van der Waals surface area (Å²) in [5.41, 5.74) is 4.53. The Morgan fingerprint density at radius 3 is 2.22 bits per heavy atom. The van der Waals surface area contributed by atoms with Crippen LogP contribution < -0.4 is 0 Å². The highest BCUT2D eigenvalue weighted by Gasteiger charge is 2.25. The van der Waals surface area contributed by atoms with E-state index in [1.165, 1.54) is 6.07 Å². The number of nitro benzene ring substituents is 1. The van der Waals surface area contributed by atoms with Gasteiger partial charge in [-0.15, -0.1) is 0 Å². The summed E-state index contributed by atoms with van der Waals surface area (Å²) in [4.78, 5) is 11.1. The van der Waals surface area contributed by atoms with Crippen molar-refractivity contribution in [1.82, 2.24) is 5.16 Å². The van der Waals surface area contributed by atoms with Gasteiger partial charge in [0.05, 0.1) is 16.1 Å². The summed E-state index contributed by atoms with van der Waals surface area (Å²) in [6, 6.07) is 24.2. The maximum absolute atomic E-state index is 11.5. The number of rotatable bonds is 4. The molecule has 4 rings (SSSR count). The first kappa shape index (κ1) is 16.7. The first-order valence-electron chi connectivity index (χ1n) is 8.51. The van der Waals surface area contributed by atoms with Crippen LogP contribution in [0.4, 0.5) is 5.69 Å². The molecule has 0 radical (unpaired) electrons. The Morgan fingerprint density at radius 2 is 1.52 bits per heavy atom. The van der Waals surface area contributed by atoms with Crippen LogP contribution in [0.3, 0.4) is 0 Å². The molecule has 0 aliphatic heterocycles. The lowest BCUT2D eigenvalue weighted by molar-refractivity contribution is -0.384. The average Bonchev–Trinajstić information content (AvgIpc) is 3.14. The zero-order chi connectivity index (χ0) is 18.8. The van der Waals surface area contributed by atoms with E-state index in [9.17, 15) is 10.1 Å². The summed E-state index contributed by atoms with van der Waals surface area (Å²) in [7, 11) is 0. The highest BCUT2D eigenvalue weighted by molar-refractivity contribution is 5.92. The molecule has 0 N–H and O–H groups in total. The van der Waals surface area contributed by atoms with Gasteiger partial charge in [0.15, 0.2) is 5.76 Å². The van der Waals surface area contributed by atoms with Gasteiger partial charge in [0.2, 0.25) is 0 Å². The third-order valence-corrected chi connectivity index (χ3v) is 4.42. The van der Waals surface area contributed by atoms with Gasteiger partial charge in [-0.3, -0.25) is 10.1 Å². The molecule has 1 heterocycles. The van der Waals surface area contributed by atoms with Crippen LogP contribution in [0.1, 0.15) is 5.56 Å². The van der Waals surface area contributed by atoms with Crippen molar-refractivity contribution in [3.63, 3.8) is 0 Å². The van der Waals surface area contributed by atoms with E-state index in [0.29, 0.717) is 17.0 Å². The normalized spacial score (nSPS) is 10.7. The van der Waals surface area contributed by atoms with E-state index in [0.717, 1.165) is 22.3 Å². The summed E-state index contributed by atoms with van der Waals surface area (Å²) in [5.74, 6) is 0.590. The van der Waals surface area contributed by atoms with E-state index in [1.54, 1.807) is 18.2 Å². The van der Waals surface area contributed by atoms with Crippen molar-refractivity contribution >= 4 is 5.69 Å². The Labute approximate surface area is 156 Å². The molecule has 132 valence electrons. The Bertz CT molecular complexity index is 1100. The number of nitro groups is 1. The Hall–Kier alpha value is -3.73. The molecular weight excluding hydrogens is 340 g/mol. The summed E-state index contributed by atoms with van der Waals surface area (Å²) >= 11 is 0. The van der Waals surface area contributed by atoms with Crippen molar-refractivity contribution in [3.8, 4) is 33.7 Å². The Kier molecular flexibility index (Phi) is 4.26. The molecule has 0 fully saturated rings. The molecule has 3 aromatic carbocycles. The van der Waals surface area contributed by atoms with E-state index in [-0.39, 0.29) is 5.69 Å². The second-order valence-electron chi connectivity index (χ2n) is 6.24. The van der Waals surface area contributed by atoms with Crippen molar-refractivity contribution in [2.24, 2.45) is 0 Å². The molecule has 0 amide bonds. The van der Waals surface area contributed by atoms with Gasteiger partial charge in [-0.05, 0) is 18.6 Å². The zero-order valence-electron chi connectivity index (χ0n) is 14.6. The third-order valence-electron chi connectivity index (χ3n) is 4.42. The van der Waals surface area contributed by atoms with Crippen LogP contribution >= 0.6 is 0 Å². The van der Waals surface area contributed by atoms with Gasteiger partial charge in [-0.1, -0.05) is 77.5 Å². The number of aromatic nitrogens is 1. The lowest BCUT2D eigenvalue weighted by Crippen LogP contribution is -1.93. The fourth-order valence-electron chi connectivity index (χ4n) is 3.08. The van der Waals surface area contributed by atoms with Gasteiger partial charge in [0, 0.05) is 11.6 Å². The standard InChI is InChI=1S/C22H16N2O3/c1-15-11-13-16(14-12-15)20-21(18-9-5-6-10-19(18)24(25)26)23-27-22(20)17-7-3-2-4-8-17/h2-14H,1H3. The van der Waals surface area contributed by atoms with Crippen molar-refractivity contribution in [3.05, 3.63) is 94.5 Å². The number of aryl methyl sites for hydroxylation is 1. The maximum Gasteiger partial charge on any atom is 0.278 e. The smallest absolute Gasteiger partial charge is 0.278 e. The molecule has 0 saturated carbocycles. The quantitative estimate of drug-likeness (QED) is 0.337. The van der Waals surface area contributed by atoms with Crippen molar-refractivity contribution in [1.29, 1.82) is 0 Å². The number of para-hydroxylation sites is 1. The number of benzene rings is 3. The number of hydrogen-bond donors (Lipinski definition) is 0. The maximum atomic E-state index is 11.5. The van der Waals surface area contributed by atoms with E-state index in [4.69, 9.17) is 4.52 Å². The molecule has 0 spiro atoms. The van der Waals surface area contributed by atoms with Gasteiger partial charge in [-0.2, -0.15) is 0 Å². The van der Waals surface area contributed by atoms with Gasteiger partial charge < -0.3 is 4.52 Å². The van der Waals surface area contributed by atoms with Crippen LogP contribution in [0.2, 0.25) is 0 Å². The minimum absolute atomic E-state index is 0.00114. The molecule has 5 nitrogen and oxygen atoms in total. The average molecular weight is 356 g/mol. The summed E-state index contributed by atoms with van der Waals surface area (Å²) in [6.45, 7) is 2.01. The molecule has 0 aliphatic rings. The van der Waals surface area contributed by atoms with Crippen molar-refractivity contribution in [2.45, 2.75) is 6.92 Å². The van der Waals surface area contributed by atoms with Crippen LogP contribution in [0.25, 0.3) is 33.7 Å². The SMILES string of the molecule is Cc1ccc(-c2c(-c3ccccc3[N+](=O)[O-])noc2-c2ccccc2)cc1. The molecule has 0 atom stereocenters. The zero-order valence-corrected chi connectivity index (χ0v) is 14.6. The van der Waals surface area contributed by atoms with Crippen LogP contribution in [-0.2, 0) is 0 Å². The van der Waals surface area contributed by atoms with E-state index >= 15 is 0 Å². The summed E-state index contributed by atoms with van der Waals surface area (Å²) in [5, 5.41) is 15.7. The monoisotopic (exact) mass is 356 g/mol. The highest BCUT2D eigenvalue weighted by Crippen LogP contribution is 2.42. The van der Waals surface area contributed by atoms with Crippen LogP contribution in [-0.4, -0.2) is 10.1 Å². The van der Waals surface area contributed by atoms with E-state index in [2.05, 4.69) is 5.16 Å². The van der Waals surface area contributed by atoms with Gasteiger partial charge in [0.1, 0.15) is 5.69 Å². The minimum Gasteiger partial charge on any atom is -0.355 e. The topological polar surface area (TPSA) is 69.2 Å². The summed E-state index contributed by atoms with van der Waals surface area (Å²) < 4.78 is 5.68.